The number of fused-ring (bicyclic) bond motifs is 1. The first kappa shape index (κ1) is 15.7. The van der Waals surface area contributed by atoms with Crippen LogP contribution >= 0.6 is 0 Å². The molecule has 4 atom stereocenters. The van der Waals surface area contributed by atoms with Crippen molar-refractivity contribution in [2.24, 2.45) is 29.5 Å². The Morgan fingerprint density at radius 2 is 1.86 bits per heavy atom. The molecule has 1 heterocycles. The highest BCUT2D eigenvalue weighted by Gasteiger charge is 2.54. The summed E-state index contributed by atoms with van der Waals surface area (Å²) in [6.45, 7) is 1.36. The lowest BCUT2D eigenvalue weighted by molar-refractivity contribution is 0.227. The number of hydrazine groups is 1. The lowest BCUT2D eigenvalue weighted by Crippen LogP contribution is -2.44. The number of rotatable bonds is 5. The average Bonchev–Trinajstić information content (AvgIpc) is 3.18. The largest absolute Gasteiger partial charge is 0.271 e. The molecule has 2 aliphatic carbocycles. The van der Waals surface area contributed by atoms with Gasteiger partial charge in [-0.3, -0.25) is 11.3 Å². The molecule has 3 rings (SSSR count). The molecular formula is C15H29N3O2S. The number of nitrogens with one attached hydrogen (secondary N) is 1. The van der Waals surface area contributed by atoms with Gasteiger partial charge in [-0.25, -0.2) is 12.7 Å². The number of sulfonamides is 1. The summed E-state index contributed by atoms with van der Waals surface area (Å²) in [7, 11) is -3.05. The van der Waals surface area contributed by atoms with E-state index in [1.807, 2.05) is 0 Å². The van der Waals surface area contributed by atoms with Gasteiger partial charge in [0.1, 0.15) is 0 Å². The smallest absolute Gasteiger partial charge is 0.211 e. The van der Waals surface area contributed by atoms with Gasteiger partial charge in [-0.05, 0) is 55.8 Å². The molecule has 0 spiro atoms. The van der Waals surface area contributed by atoms with Crippen molar-refractivity contribution >= 4 is 10.0 Å². The van der Waals surface area contributed by atoms with Crippen LogP contribution in [0.2, 0.25) is 0 Å². The van der Waals surface area contributed by atoms with E-state index in [1.54, 1.807) is 4.31 Å². The number of piperidine rings is 1. The van der Waals surface area contributed by atoms with Gasteiger partial charge >= 0.3 is 0 Å². The van der Waals surface area contributed by atoms with Crippen LogP contribution in [0.4, 0.5) is 0 Å². The van der Waals surface area contributed by atoms with Crippen LogP contribution in [0.1, 0.15) is 44.9 Å². The summed E-state index contributed by atoms with van der Waals surface area (Å²) < 4.78 is 25.1. The van der Waals surface area contributed by atoms with Crippen molar-refractivity contribution in [3.8, 4) is 0 Å². The predicted molar refractivity (Wildman–Crippen MR) is 83.8 cm³/mol. The van der Waals surface area contributed by atoms with E-state index in [0.29, 0.717) is 25.0 Å². The third-order valence-corrected chi connectivity index (χ3v) is 7.21. The summed E-state index contributed by atoms with van der Waals surface area (Å²) in [6, 6.07) is 0.377. The molecule has 0 amide bonds. The van der Waals surface area contributed by atoms with Gasteiger partial charge < -0.3 is 0 Å². The van der Waals surface area contributed by atoms with Crippen molar-refractivity contribution in [3.63, 3.8) is 0 Å². The number of hydrogen-bond donors (Lipinski definition) is 2. The first-order valence-electron chi connectivity index (χ1n) is 8.42. The molecule has 3 aliphatic rings. The molecule has 0 radical (unpaired) electrons. The molecule has 0 aromatic carbocycles. The SMILES string of the molecule is CS(=O)(=O)N1CCCC(CC(NN)C2C3CCCCC32)C1. The van der Waals surface area contributed by atoms with Crippen molar-refractivity contribution in [1.29, 1.82) is 0 Å². The van der Waals surface area contributed by atoms with E-state index >= 15 is 0 Å². The molecule has 2 saturated carbocycles. The third kappa shape index (κ3) is 3.44. The molecule has 21 heavy (non-hydrogen) atoms. The summed E-state index contributed by atoms with van der Waals surface area (Å²) in [5.74, 6) is 8.79. The van der Waals surface area contributed by atoms with E-state index in [2.05, 4.69) is 5.43 Å². The highest BCUT2D eigenvalue weighted by atomic mass is 32.2. The maximum Gasteiger partial charge on any atom is 0.211 e. The first-order chi connectivity index (χ1) is 10.0. The second-order valence-electron chi connectivity index (χ2n) is 7.33. The van der Waals surface area contributed by atoms with Gasteiger partial charge in [-0.2, -0.15) is 0 Å². The van der Waals surface area contributed by atoms with Crippen LogP contribution in [0.25, 0.3) is 0 Å². The van der Waals surface area contributed by atoms with Crippen LogP contribution in [0.5, 0.6) is 0 Å². The molecule has 5 nitrogen and oxygen atoms in total. The number of hydrogen-bond acceptors (Lipinski definition) is 4. The van der Waals surface area contributed by atoms with E-state index in [-0.39, 0.29) is 0 Å². The minimum atomic E-state index is -3.05. The van der Waals surface area contributed by atoms with Crippen LogP contribution in [-0.2, 0) is 10.0 Å². The molecular weight excluding hydrogens is 286 g/mol. The van der Waals surface area contributed by atoms with Gasteiger partial charge in [0.05, 0.1) is 6.26 Å². The zero-order valence-corrected chi connectivity index (χ0v) is 13.8. The van der Waals surface area contributed by atoms with Gasteiger partial charge in [0.2, 0.25) is 10.0 Å². The van der Waals surface area contributed by atoms with Crippen molar-refractivity contribution in [1.82, 2.24) is 9.73 Å². The normalized spacial score (nSPS) is 38.8. The summed E-state index contributed by atoms with van der Waals surface area (Å²) in [6.07, 6.45) is 9.95. The highest BCUT2D eigenvalue weighted by molar-refractivity contribution is 7.88. The molecule has 1 aliphatic heterocycles. The lowest BCUT2D eigenvalue weighted by Gasteiger charge is -2.33. The van der Waals surface area contributed by atoms with Crippen molar-refractivity contribution in [3.05, 3.63) is 0 Å². The predicted octanol–water partition coefficient (Wildman–Crippen LogP) is 1.32. The maximum absolute atomic E-state index is 11.7. The molecule has 1 saturated heterocycles. The molecule has 4 unspecified atom stereocenters. The summed E-state index contributed by atoms with van der Waals surface area (Å²) in [5, 5.41) is 0. The van der Waals surface area contributed by atoms with Crippen molar-refractivity contribution < 1.29 is 8.42 Å². The lowest BCUT2D eigenvalue weighted by atomic mass is 9.90. The Morgan fingerprint density at radius 1 is 1.19 bits per heavy atom. The summed E-state index contributed by atoms with van der Waals surface area (Å²) >= 11 is 0. The van der Waals surface area contributed by atoms with Crippen LogP contribution in [0.15, 0.2) is 0 Å². The Morgan fingerprint density at radius 3 is 2.43 bits per heavy atom. The Bertz CT molecular complexity index is 456. The summed E-state index contributed by atoms with van der Waals surface area (Å²) in [4.78, 5) is 0. The fourth-order valence-corrected chi connectivity index (χ4v) is 5.80. The van der Waals surface area contributed by atoms with Crippen LogP contribution in [0, 0.1) is 23.7 Å². The first-order valence-corrected chi connectivity index (χ1v) is 10.3. The molecule has 0 aromatic rings. The van der Waals surface area contributed by atoms with E-state index < -0.39 is 10.0 Å². The zero-order valence-electron chi connectivity index (χ0n) is 13.0. The fourth-order valence-electron chi connectivity index (χ4n) is 4.86. The Hall–Kier alpha value is -0.170. The maximum atomic E-state index is 11.7. The average molecular weight is 315 g/mol. The second kappa shape index (κ2) is 6.14. The Labute approximate surface area is 128 Å². The molecule has 3 fully saturated rings. The van der Waals surface area contributed by atoms with Crippen LogP contribution in [0.3, 0.4) is 0 Å². The van der Waals surface area contributed by atoms with Gasteiger partial charge in [-0.15, -0.1) is 0 Å². The van der Waals surface area contributed by atoms with E-state index in [1.165, 1.54) is 31.9 Å². The van der Waals surface area contributed by atoms with E-state index in [9.17, 15) is 8.42 Å². The van der Waals surface area contributed by atoms with E-state index in [4.69, 9.17) is 5.84 Å². The van der Waals surface area contributed by atoms with Crippen molar-refractivity contribution in [2.75, 3.05) is 19.3 Å². The standard InChI is InChI=1S/C15H29N3O2S/c1-21(19,20)18-8-4-5-11(10-18)9-14(17-16)15-12-6-2-3-7-13(12)15/h11-15,17H,2-10,16H2,1H3. The number of nitrogens with zero attached hydrogens (tertiary/aromatic N) is 1. The number of nitrogens with two attached hydrogens (primary N) is 1. The zero-order chi connectivity index (χ0) is 15.0. The van der Waals surface area contributed by atoms with Gasteiger partial charge in [-0.1, -0.05) is 12.8 Å². The quantitative estimate of drug-likeness (QED) is 0.592. The molecule has 6 heteroatoms. The Balaban J connectivity index is 1.57. The Kier molecular flexibility index (Phi) is 4.60. The van der Waals surface area contributed by atoms with Gasteiger partial charge in [0, 0.05) is 19.1 Å². The fraction of sp³-hybridized carbons (Fsp3) is 1.00. The van der Waals surface area contributed by atoms with E-state index in [0.717, 1.165) is 37.0 Å². The molecule has 3 N–H and O–H groups in total. The minimum Gasteiger partial charge on any atom is -0.271 e. The summed E-state index contributed by atoms with van der Waals surface area (Å²) in [5.41, 5.74) is 3.05. The van der Waals surface area contributed by atoms with Gasteiger partial charge in [0.25, 0.3) is 0 Å². The minimum absolute atomic E-state index is 0.377. The van der Waals surface area contributed by atoms with Crippen molar-refractivity contribution in [2.45, 2.75) is 51.0 Å². The second-order valence-corrected chi connectivity index (χ2v) is 9.31. The third-order valence-electron chi connectivity index (χ3n) is 5.94. The highest BCUT2D eigenvalue weighted by Crippen LogP contribution is 2.57. The topological polar surface area (TPSA) is 75.4 Å². The molecule has 0 bridgehead atoms. The van der Waals surface area contributed by atoms with Crippen LogP contribution in [-0.4, -0.2) is 38.1 Å². The van der Waals surface area contributed by atoms with Gasteiger partial charge in [0.15, 0.2) is 0 Å². The van der Waals surface area contributed by atoms with Crippen LogP contribution < -0.4 is 11.3 Å². The molecule has 122 valence electrons. The molecule has 0 aromatic heterocycles. The monoisotopic (exact) mass is 315 g/mol.